The number of thiocarbonyl (C=S) groups is 1. The van der Waals surface area contributed by atoms with Gasteiger partial charge in [0.25, 0.3) is 5.91 Å². The Hall–Kier alpha value is -2.71. The van der Waals surface area contributed by atoms with Crippen LogP contribution in [0.15, 0.2) is 58.0 Å². The molecule has 2 heterocycles. The van der Waals surface area contributed by atoms with E-state index in [0.29, 0.717) is 20.8 Å². The Balaban J connectivity index is 1.62. The predicted octanol–water partition coefficient (Wildman–Crippen LogP) is 3.38. The molecule has 0 atom stereocenters. The van der Waals surface area contributed by atoms with Gasteiger partial charge in [0.05, 0.1) is 4.91 Å². The second-order valence-electron chi connectivity index (χ2n) is 5.43. The highest BCUT2D eigenvalue weighted by Crippen LogP contribution is 2.30. The lowest BCUT2D eigenvalue weighted by Gasteiger charge is -2.13. The first-order chi connectivity index (χ1) is 12.5. The van der Waals surface area contributed by atoms with Crippen molar-refractivity contribution in [3.05, 3.63) is 64.8 Å². The van der Waals surface area contributed by atoms with Gasteiger partial charge in [0.15, 0.2) is 5.82 Å². The molecule has 3 rings (SSSR count). The average molecular weight is 385 g/mol. The normalized spacial score (nSPS) is 16.0. The number of nitrogens with zero attached hydrogens (tertiary/aromatic N) is 2. The van der Waals surface area contributed by atoms with Crippen LogP contribution in [0.2, 0.25) is 0 Å². The predicted molar refractivity (Wildman–Crippen MR) is 105 cm³/mol. The molecule has 1 saturated heterocycles. The molecule has 1 aromatic heterocycles. The van der Waals surface area contributed by atoms with E-state index >= 15 is 0 Å². The van der Waals surface area contributed by atoms with Gasteiger partial charge in [-0.15, -0.1) is 0 Å². The molecule has 6 nitrogen and oxygen atoms in total. The van der Waals surface area contributed by atoms with E-state index in [0.717, 1.165) is 5.56 Å². The van der Waals surface area contributed by atoms with Crippen molar-refractivity contribution in [2.45, 2.75) is 6.92 Å². The summed E-state index contributed by atoms with van der Waals surface area (Å²) in [5.74, 6) is 0.207. The summed E-state index contributed by atoms with van der Waals surface area (Å²) in [5.41, 5.74) is 1.03. The van der Waals surface area contributed by atoms with Gasteiger partial charge in [-0.1, -0.05) is 71.6 Å². The highest BCUT2D eigenvalue weighted by Gasteiger charge is 2.33. The Morgan fingerprint density at radius 3 is 2.85 bits per heavy atom. The minimum atomic E-state index is -0.393. The topological polar surface area (TPSA) is 75.4 Å². The molecule has 0 unspecified atom stereocenters. The van der Waals surface area contributed by atoms with Crippen molar-refractivity contribution in [3.8, 4) is 0 Å². The number of carbonyl (C=O) groups is 2. The fourth-order valence-corrected chi connectivity index (χ4v) is 3.42. The summed E-state index contributed by atoms with van der Waals surface area (Å²) in [7, 11) is 0. The molecule has 0 bridgehead atoms. The largest absolute Gasteiger partial charge is 0.360 e. The fourth-order valence-electron chi connectivity index (χ4n) is 2.21. The number of thioether (sulfide) groups is 1. The molecule has 0 spiro atoms. The lowest BCUT2D eigenvalue weighted by Crippen LogP contribution is -2.36. The third kappa shape index (κ3) is 4.47. The van der Waals surface area contributed by atoms with Crippen LogP contribution in [-0.4, -0.2) is 32.7 Å². The van der Waals surface area contributed by atoms with E-state index in [2.05, 4.69) is 10.5 Å². The van der Waals surface area contributed by atoms with E-state index in [4.69, 9.17) is 16.7 Å². The lowest BCUT2D eigenvalue weighted by atomic mass is 10.2. The summed E-state index contributed by atoms with van der Waals surface area (Å²) in [4.78, 5) is 26.3. The summed E-state index contributed by atoms with van der Waals surface area (Å²) >= 11 is 6.39. The lowest BCUT2D eigenvalue weighted by molar-refractivity contribution is -0.126. The van der Waals surface area contributed by atoms with Gasteiger partial charge in [-0.05, 0) is 18.6 Å². The van der Waals surface area contributed by atoms with E-state index in [1.165, 1.54) is 16.7 Å². The summed E-state index contributed by atoms with van der Waals surface area (Å²) in [6.07, 6.45) is 5.39. The summed E-state index contributed by atoms with van der Waals surface area (Å²) in [6, 6.07) is 11.3. The molecular weight excluding hydrogens is 370 g/mol. The second kappa shape index (κ2) is 8.11. The second-order valence-corrected chi connectivity index (χ2v) is 7.11. The van der Waals surface area contributed by atoms with Crippen LogP contribution < -0.4 is 5.32 Å². The maximum Gasteiger partial charge on any atom is 0.266 e. The van der Waals surface area contributed by atoms with Gasteiger partial charge >= 0.3 is 0 Å². The molecule has 8 heteroatoms. The van der Waals surface area contributed by atoms with Gasteiger partial charge in [0, 0.05) is 6.07 Å². The van der Waals surface area contributed by atoms with Gasteiger partial charge in [0.2, 0.25) is 5.91 Å². The van der Waals surface area contributed by atoms with Gasteiger partial charge in [-0.2, -0.15) is 0 Å². The fraction of sp³-hybridized carbons (Fsp3) is 0.111. The van der Waals surface area contributed by atoms with Crippen molar-refractivity contribution in [3.63, 3.8) is 0 Å². The quantitative estimate of drug-likeness (QED) is 0.628. The minimum Gasteiger partial charge on any atom is -0.360 e. The molecule has 1 aromatic carbocycles. The summed E-state index contributed by atoms with van der Waals surface area (Å²) < 4.78 is 5.23. The van der Waals surface area contributed by atoms with Crippen LogP contribution in [0.1, 0.15) is 11.3 Å². The number of benzene rings is 1. The van der Waals surface area contributed by atoms with E-state index in [1.807, 2.05) is 36.4 Å². The molecule has 0 saturated carbocycles. The first kappa shape index (κ1) is 18.1. The Bertz CT molecular complexity index is 903. The van der Waals surface area contributed by atoms with Crippen molar-refractivity contribution < 1.29 is 14.1 Å². The zero-order valence-corrected chi connectivity index (χ0v) is 15.5. The maximum atomic E-state index is 12.5. The third-order valence-electron chi connectivity index (χ3n) is 3.41. The number of allylic oxidation sites excluding steroid dienone is 2. The van der Waals surface area contributed by atoms with E-state index < -0.39 is 5.91 Å². The average Bonchev–Trinajstić information content (AvgIpc) is 3.14. The van der Waals surface area contributed by atoms with E-state index in [1.54, 1.807) is 25.1 Å². The highest BCUT2D eigenvalue weighted by molar-refractivity contribution is 8.26. The number of rotatable bonds is 5. The number of hydrogen-bond donors (Lipinski definition) is 1. The number of hydrogen-bond acceptors (Lipinski definition) is 6. The van der Waals surface area contributed by atoms with Crippen LogP contribution in [0, 0.1) is 6.92 Å². The van der Waals surface area contributed by atoms with Crippen molar-refractivity contribution in [1.29, 1.82) is 0 Å². The number of anilines is 1. The highest BCUT2D eigenvalue weighted by atomic mass is 32.2. The van der Waals surface area contributed by atoms with Crippen LogP contribution in [-0.2, 0) is 9.59 Å². The van der Waals surface area contributed by atoms with Gasteiger partial charge in [0.1, 0.15) is 16.6 Å². The zero-order valence-electron chi connectivity index (χ0n) is 13.8. The molecule has 0 aliphatic carbocycles. The summed E-state index contributed by atoms with van der Waals surface area (Å²) in [6.45, 7) is 1.55. The Kier molecular flexibility index (Phi) is 5.65. The Morgan fingerprint density at radius 1 is 1.38 bits per heavy atom. The number of carbonyl (C=O) groups excluding carboxylic acids is 2. The molecular formula is C18H15N3O3S2. The van der Waals surface area contributed by atoms with Gasteiger partial charge in [-0.25, -0.2) is 0 Å². The van der Waals surface area contributed by atoms with E-state index in [9.17, 15) is 9.59 Å². The van der Waals surface area contributed by atoms with Crippen molar-refractivity contribution in [1.82, 2.24) is 10.1 Å². The van der Waals surface area contributed by atoms with Crippen LogP contribution >= 0.6 is 24.0 Å². The van der Waals surface area contributed by atoms with Crippen LogP contribution in [0.3, 0.4) is 0 Å². The van der Waals surface area contributed by atoms with Crippen LogP contribution in [0.25, 0.3) is 6.08 Å². The van der Waals surface area contributed by atoms with E-state index in [-0.39, 0.29) is 12.5 Å². The number of amides is 2. The first-order valence-corrected chi connectivity index (χ1v) is 8.95. The molecule has 2 aromatic rings. The third-order valence-corrected chi connectivity index (χ3v) is 4.80. The molecule has 132 valence electrons. The van der Waals surface area contributed by atoms with Crippen molar-refractivity contribution >= 4 is 52.0 Å². The molecule has 1 fully saturated rings. The molecule has 1 aliphatic heterocycles. The van der Waals surface area contributed by atoms with Gasteiger partial charge in [-0.3, -0.25) is 14.5 Å². The van der Waals surface area contributed by atoms with Crippen LogP contribution in [0.4, 0.5) is 5.82 Å². The smallest absolute Gasteiger partial charge is 0.266 e. The summed E-state index contributed by atoms with van der Waals surface area (Å²) in [5, 5.41) is 6.25. The maximum absolute atomic E-state index is 12.5. The number of aryl methyl sites for hydroxylation is 1. The molecule has 1 N–H and O–H groups in total. The van der Waals surface area contributed by atoms with Gasteiger partial charge < -0.3 is 9.84 Å². The molecule has 0 radical (unpaired) electrons. The van der Waals surface area contributed by atoms with Crippen molar-refractivity contribution in [2.75, 3.05) is 11.9 Å². The monoisotopic (exact) mass is 385 g/mol. The Labute approximate surface area is 159 Å². The molecule has 2 amide bonds. The zero-order chi connectivity index (χ0) is 18.5. The first-order valence-electron chi connectivity index (χ1n) is 7.73. The Morgan fingerprint density at radius 2 is 2.15 bits per heavy atom. The standard InChI is InChI=1S/C18H15N3O3S2/c1-12-10-15(20-24-12)19-16(22)11-21-17(23)14(26-18(21)25)9-5-8-13-6-3-2-4-7-13/h2-10H,11H2,1H3,(H,19,20,22)/b8-5+,14-9-. The molecule has 1 aliphatic rings. The van der Waals surface area contributed by atoms with Crippen LogP contribution in [0.5, 0.6) is 0 Å². The molecule has 26 heavy (non-hydrogen) atoms. The SMILES string of the molecule is Cc1cc(NC(=O)CN2C(=O)/C(=C/C=C/c3ccccc3)SC2=S)no1. The minimum absolute atomic E-state index is 0.170. The van der Waals surface area contributed by atoms with Crippen molar-refractivity contribution in [2.24, 2.45) is 0 Å². The number of aromatic nitrogens is 1. The number of nitrogens with one attached hydrogen (secondary N) is 1.